The Hall–Kier alpha value is -1.67. The van der Waals surface area contributed by atoms with Crippen molar-refractivity contribution in [2.24, 2.45) is 0 Å². The van der Waals surface area contributed by atoms with Gasteiger partial charge in [-0.3, -0.25) is 0 Å². The summed E-state index contributed by atoms with van der Waals surface area (Å²) in [7, 11) is 0. The summed E-state index contributed by atoms with van der Waals surface area (Å²) < 4.78 is 21.8. The number of hydrogen-bond donors (Lipinski definition) is 2. The lowest BCUT2D eigenvalue weighted by atomic mass is 9.94. The first-order valence-electron chi connectivity index (χ1n) is 10.3. The van der Waals surface area contributed by atoms with Crippen LogP contribution in [0.15, 0.2) is 18.2 Å². The first-order valence-corrected chi connectivity index (χ1v) is 10.3. The Morgan fingerprint density at radius 3 is 2.38 bits per heavy atom. The van der Waals surface area contributed by atoms with Gasteiger partial charge in [-0.25, -0.2) is 4.79 Å². The van der Waals surface area contributed by atoms with Crippen LogP contribution < -0.4 is 4.74 Å². The molecule has 0 saturated carbocycles. The van der Waals surface area contributed by atoms with Crippen LogP contribution >= 0.6 is 0 Å². The van der Waals surface area contributed by atoms with Crippen molar-refractivity contribution in [1.29, 1.82) is 0 Å². The number of ether oxygens (including phenoxy) is 4. The molecule has 1 aromatic carbocycles. The van der Waals surface area contributed by atoms with Crippen LogP contribution in [0.1, 0.15) is 69.9 Å². The highest BCUT2D eigenvalue weighted by molar-refractivity contribution is 5.66. The Labute approximate surface area is 172 Å². The summed E-state index contributed by atoms with van der Waals surface area (Å²) in [5, 5.41) is 18.9. The molecule has 1 saturated heterocycles. The standard InChI is InChI=1S/C22H34O7/c1-14(2)18-7-5-8-19(15(3)4)21(18)29-22(25)27-10-6-9-26-20-12-16(24)11-17(13-23)28-20/h5,7-8,14-17,20,23-24H,6,9-13H2,1-4H3/t16-,17-,20?/m0/s1. The zero-order chi connectivity index (χ0) is 21.4. The van der Waals surface area contributed by atoms with Gasteiger partial charge in [0.05, 0.1) is 32.0 Å². The molecule has 7 heteroatoms. The zero-order valence-corrected chi connectivity index (χ0v) is 17.8. The molecule has 164 valence electrons. The number of aliphatic hydroxyl groups is 2. The lowest BCUT2D eigenvalue weighted by Gasteiger charge is -2.31. The second-order valence-corrected chi connectivity index (χ2v) is 8.00. The molecule has 1 unspecified atom stereocenters. The van der Waals surface area contributed by atoms with E-state index < -0.39 is 24.7 Å². The van der Waals surface area contributed by atoms with Gasteiger partial charge in [0.15, 0.2) is 6.29 Å². The molecule has 1 fully saturated rings. The first-order chi connectivity index (χ1) is 13.8. The van der Waals surface area contributed by atoms with Gasteiger partial charge in [0, 0.05) is 19.3 Å². The predicted octanol–water partition coefficient (Wildman–Crippen LogP) is 3.71. The SMILES string of the molecule is CC(C)c1cccc(C(C)C)c1OC(=O)OCCCOC1C[C@@H](O)C[C@@H](CO)O1. The second kappa shape index (κ2) is 11.5. The molecule has 0 amide bonds. The van der Waals surface area contributed by atoms with Crippen LogP contribution in [-0.2, 0) is 14.2 Å². The van der Waals surface area contributed by atoms with Crippen LogP contribution in [-0.4, -0.2) is 54.7 Å². The molecule has 0 bridgehead atoms. The summed E-state index contributed by atoms with van der Waals surface area (Å²) in [5.41, 5.74) is 1.95. The molecule has 0 aliphatic carbocycles. The van der Waals surface area contributed by atoms with E-state index in [2.05, 4.69) is 27.7 Å². The number of hydrogen-bond acceptors (Lipinski definition) is 7. The predicted molar refractivity (Wildman–Crippen MR) is 108 cm³/mol. The summed E-state index contributed by atoms with van der Waals surface area (Å²) in [6.07, 6.45) is -1.01. The summed E-state index contributed by atoms with van der Waals surface area (Å²) in [4.78, 5) is 12.2. The van der Waals surface area contributed by atoms with Crippen molar-refractivity contribution in [3.8, 4) is 5.75 Å². The Balaban J connectivity index is 1.78. The summed E-state index contributed by atoms with van der Waals surface area (Å²) in [6.45, 7) is 8.53. The highest BCUT2D eigenvalue weighted by atomic mass is 16.7. The Morgan fingerprint density at radius 1 is 1.14 bits per heavy atom. The topological polar surface area (TPSA) is 94.5 Å². The molecule has 29 heavy (non-hydrogen) atoms. The van der Waals surface area contributed by atoms with E-state index in [0.29, 0.717) is 31.6 Å². The molecular weight excluding hydrogens is 376 g/mol. The number of aliphatic hydroxyl groups excluding tert-OH is 2. The highest BCUT2D eigenvalue weighted by Gasteiger charge is 2.28. The fourth-order valence-electron chi connectivity index (χ4n) is 3.32. The highest BCUT2D eigenvalue weighted by Crippen LogP contribution is 2.34. The third-order valence-corrected chi connectivity index (χ3v) is 4.87. The normalized spacial score (nSPS) is 22.1. The maximum Gasteiger partial charge on any atom is 0.513 e. The third kappa shape index (κ3) is 7.26. The van der Waals surface area contributed by atoms with Gasteiger partial charge in [0.1, 0.15) is 5.75 Å². The molecule has 2 rings (SSSR count). The van der Waals surface area contributed by atoms with Gasteiger partial charge in [-0.05, 0) is 23.0 Å². The molecule has 1 aliphatic rings. The average molecular weight is 411 g/mol. The Morgan fingerprint density at radius 2 is 1.79 bits per heavy atom. The monoisotopic (exact) mass is 410 g/mol. The molecule has 7 nitrogen and oxygen atoms in total. The van der Waals surface area contributed by atoms with Gasteiger partial charge in [-0.1, -0.05) is 45.9 Å². The van der Waals surface area contributed by atoms with Gasteiger partial charge in [0.2, 0.25) is 0 Å². The number of para-hydroxylation sites is 1. The molecular formula is C22H34O7. The maximum atomic E-state index is 12.2. The van der Waals surface area contributed by atoms with Gasteiger partial charge in [0.25, 0.3) is 0 Å². The van der Waals surface area contributed by atoms with E-state index >= 15 is 0 Å². The Kier molecular flexibility index (Phi) is 9.36. The van der Waals surface area contributed by atoms with E-state index in [9.17, 15) is 9.90 Å². The summed E-state index contributed by atoms with van der Waals surface area (Å²) in [6, 6.07) is 5.91. The van der Waals surface area contributed by atoms with Crippen molar-refractivity contribution in [3.05, 3.63) is 29.3 Å². The fraction of sp³-hybridized carbons (Fsp3) is 0.682. The fourth-order valence-corrected chi connectivity index (χ4v) is 3.32. The average Bonchev–Trinajstić information content (AvgIpc) is 2.67. The molecule has 1 aliphatic heterocycles. The minimum absolute atomic E-state index is 0.151. The van der Waals surface area contributed by atoms with E-state index in [4.69, 9.17) is 24.1 Å². The third-order valence-electron chi connectivity index (χ3n) is 4.87. The quantitative estimate of drug-likeness (QED) is 0.364. The maximum absolute atomic E-state index is 12.2. The van der Waals surface area contributed by atoms with Crippen LogP contribution in [0.2, 0.25) is 0 Å². The smallest absolute Gasteiger partial charge is 0.434 e. The molecule has 2 N–H and O–H groups in total. The van der Waals surface area contributed by atoms with E-state index in [1.165, 1.54) is 0 Å². The number of carbonyl (C=O) groups is 1. The largest absolute Gasteiger partial charge is 0.513 e. The van der Waals surface area contributed by atoms with Crippen molar-refractivity contribution in [2.75, 3.05) is 19.8 Å². The number of rotatable bonds is 9. The van der Waals surface area contributed by atoms with Crippen molar-refractivity contribution in [1.82, 2.24) is 0 Å². The molecule has 1 aromatic rings. The van der Waals surface area contributed by atoms with Crippen LogP contribution in [0, 0.1) is 0 Å². The minimum Gasteiger partial charge on any atom is -0.434 e. The Bertz CT molecular complexity index is 618. The van der Waals surface area contributed by atoms with E-state index in [-0.39, 0.29) is 25.0 Å². The summed E-state index contributed by atoms with van der Waals surface area (Å²) >= 11 is 0. The number of benzene rings is 1. The summed E-state index contributed by atoms with van der Waals surface area (Å²) in [5.74, 6) is 1.02. The van der Waals surface area contributed by atoms with Crippen LogP contribution in [0.5, 0.6) is 5.75 Å². The first kappa shape index (κ1) is 23.6. The zero-order valence-electron chi connectivity index (χ0n) is 17.8. The lowest BCUT2D eigenvalue weighted by molar-refractivity contribution is -0.222. The molecule has 0 aromatic heterocycles. The molecule has 0 radical (unpaired) electrons. The molecule has 0 spiro atoms. The molecule has 1 heterocycles. The molecule has 3 atom stereocenters. The van der Waals surface area contributed by atoms with Crippen molar-refractivity contribution < 1.29 is 34.0 Å². The van der Waals surface area contributed by atoms with E-state index in [1.54, 1.807) is 0 Å². The van der Waals surface area contributed by atoms with Crippen LogP contribution in [0.25, 0.3) is 0 Å². The van der Waals surface area contributed by atoms with Gasteiger partial charge in [-0.2, -0.15) is 0 Å². The lowest BCUT2D eigenvalue weighted by Crippen LogP contribution is -2.39. The van der Waals surface area contributed by atoms with Crippen LogP contribution in [0.3, 0.4) is 0 Å². The second-order valence-electron chi connectivity index (χ2n) is 8.00. The number of carbonyl (C=O) groups excluding carboxylic acids is 1. The van der Waals surface area contributed by atoms with Crippen molar-refractivity contribution >= 4 is 6.16 Å². The van der Waals surface area contributed by atoms with Gasteiger partial charge < -0.3 is 29.2 Å². The van der Waals surface area contributed by atoms with Gasteiger partial charge in [-0.15, -0.1) is 0 Å². The van der Waals surface area contributed by atoms with Crippen LogP contribution in [0.4, 0.5) is 4.79 Å². The van der Waals surface area contributed by atoms with Gasteiger partial charge >= 0.3 is 6.16 Å². The minimum atomic E-state index is -0.732. The van der Waals surface area contributed by atoms with E-state index in [0.717, 1.165) is 11.1 Å². The van der Waals surface area contributed by atoms with E-state index in [1.807, 2.05) is 18.2 Å². The van der Waals surface area contributed by atoms with Crippen molar-refractivity contribution in [3.63, 3.8) is 0 Å². The van der Waals surface area contributed by atoms with Crippen molar-refractivity contribution in [2.45, 2.75) is 77.3 Å².